The van der Waals surface area contributed by atoms with Crippen LogP contribution in [-0.4, -0.2) is 23.0 Å². The van der Waals surface area contributed by atoms with Gasteiger partial charge in [0.25, 0.3) is 0 Å². The van der Waals surface area contributed by atoms with Gasteiger partial charge in [-0.3, -0.25) is 0 Å². The van der Waals surface area contributed by atoms with Gasteiger partial charge < -0.3 is 9.66 Å². The van der Waals surface area contributed by atoms with Gasteiger partial charge in [-0.15, -0.1) is 0 Å². The van der Waals surface area contributed by atoms with Gasteiger partial charge in [-0.25, -0.2) is 8.42 Å². The number of hydrogen-bond donors (Lipinski definition) is 1. The predicted molar refractivity (Wildman–Crippen MR) is 99.9 cm³/mol. The first kappa shape index (κ1) is 28.1. The van der Waals surface area contributed by atoms with Gasteiger partial charge in [0.15, 0.2) is 4.93 Å². The van der Waals surface area contributed by atoms with E-state index in [0.717, 1.165) is 32.1 Å². The number of aliphatic hydroxyl groups is 1. The summed E-state index contributed by atoms with van der Waals surface area (Å²) in [6.45, 7) is 4.23. The van der Waals surface area contributed by atoms with E-state index in [0.29, 0.717) is 12.8 Å². The predicted octanol–water partition coefficient (Wildman–Crippen LogP) is 2.51. The van der Waals surface area contributed by atoms with E-state index < -0.39 is 15.1 Å². The third kappa shape index (κ3) is 14.6. The second kappa shape index (κ2) is 17.0. The third-order valence-electron chi connectivity index (χ3n) is 4.81. The largest absolute Gasteiger partial charge is 1.00 e. The molecule has 0 spiro atoms. The van der Waals surface area contributed by atoms with E-state index in [1.807, 2.05) is 6.92 Å². The standard InChI is InChI=1S/C19H40O4S.Na/c1-3-5-7-8-9-10-11-12-13-14-16-18-19(20,24(21,22)23)17-15-6-4-2;/h20H,3-18H2,1-2H3,(H,21,22,23);/q;+1/p-1. The van der Waals surface area contributed by atoms with Crippen molar-refractivity contribution in [2.75, 3.05) is 0 Å². The van der Waals surface area contributed by atoms with Crippen LogP contribution >= 0.6 is 0 Å². The molecule has 0 fully saturated rings. The molecule has 0 saturated carbocycles. The zero-order valence-corrected chi connectivity index (χ0v) is 19.7. The minimum atomic E-state index is -4.65. The fourth-order valence-electron chi connectivity index (χ4n) is 3.09. The Hall–Kier alpha value is 0.870. The summed E-state index contributed by atoms with van der Waals surface area (Å²) in [6, 6.07) is 0. The van der Waals surface area contributed by atoms with E-state index in [1.54, 1.807) is 0 Å². The number of unbranched alkanes of at least 4 members (excludes halogenated alkanes) is 12. The van der Waals surface area contributed by atoms with Crippen LogP contribution in [0.1, 0.15) is 117 Å². The van der Waals surface area contributed by atoms with Gasteiger partial charge in [0, 0.05) is 0 Å². The molecule has 1 atom stereocenters. The molecule has 6 heteroatoms. The van der Waals surface area contributed by atoms with Gasteiger partial charge in [0.05, 0.1) is 0 Å². The first-order chi connectivity index (χ1) is 11.4. The van der Waals surface area contributed by atoms with E-state index in [-0.39, 0.29) is 42.4 Å². The molecular formula is C19H39NaO4S. The van der Waals surface area contributed by atoms with Crippen LogP contribution in [0, 0.1) is 0 Å². The molecule has 0 aliphatic carbocycles. The van der Waals surface area contributed by atoms with Crippen LogP contribution in [-0.2, 0) is 10.1 Å². The Labute approximate surface area is 178 Å². The van der Waals surface area contributed by atoms with E-state index in [9.17, 15) is 18.1 Å². The molecule has 1 N–H and O–H groups in total. The van der Waals surface area contributed by atoms with E-state index in [4.69, 9.17) is 0 Å². The summed E-state index contributed by atoms with van der Waals surface area (Å²) in [5.41, 5.74) is 0. The smallest absolute Gasteiger partial charge is 0.746 e. The van der Waals surface area contributed by atoms with Gasteiger partial charge in [-0.1, -0.05) is 90.9 Å². The maximum Gasteiger partial charge on any atom is 1.00 e. The molecular weight excluding hydrogens is 347 g/mol. The summed E-state index contributed by atoms with van der Waals surface area (Å²) >= 11 is 0. The van der Waals surface area contributed by atoms with Crippen LogP contribution in [0.3, 0.4) is 0 Å². The number of hydrogen-bond acceptors (Lipinski definition) is 4. The van der Waals surface area contributed by atoms with E-state index >= 15 is 0 Å². The molecule has 0 aliphatic heterocycles. The fourth-order valence-corrected chi connectivity index (χ4v) is 3.88. The van der Waals surface area contributed by atoms with Gasteiger partial charge in [-0.05, 0) is 25.7 Å². The quantitative estimate of drug-likeness (QED) is 0.237. The molecule has 0 radical (unpaired) electrons. The Bertz CT molecular complexity index is 387. The average Bonchev–Trinajstić information content (AvgIpc) is 2.52. The molecule has 4 nitrogen and oxygen atoms in total. The van der Waals surface area contributed by atoms with Crippen molar-refractivity contribution < 1.29 is 47.6 Å². The molecule has 0 bridgehead atoms. The molecule has 0 aliphatic rings. The van der Waals surface area contributed by atoms with Crippen LogP contribution in [0.5, 0.6) is 0 Å². The Morgan fingerprint density at radius 2 is 0.960 bits per heavy atom. The minimum Gasteiger partial charge on any atom is -0.746 e. The average molecular weight is 387 g/mol. The Morgan fingerprint density at radius 3 is 1.32 bits per heavy atom. The van der Waals surface area contributed by atoms with Crippen molar-refractivity contribution in [3.8, 4) is 0 Å². The molecule has 1 unspecified atom stereocenters. The van der Waals surface area contributed by atoms with Crippen LogP contribution < -0.4 is 29.6 Å². The molecule has 0 heterocycles. The normalized spacial score (nSPS) is 14.1. The topological polar surface area (TPSA) is 77.4 Å². The summed E-state index contributed by atoms with van der Waals surface area (Å²) in [6.07, 6.45) is 15.4. The number of rotatable bonds is 17. The Balaban J connectivity index is 0. The summed E-state index contributed by atoms with van der Waals surface area (Å²) in [4.78, 5) is -2.05. The van der Waals surface area contributed by atoms with Crippen molar-refractivity contribution in [3.05, 3.63) is 0 Å². The summed E-state index contributed by atoms with van der Waals surface area (Å²) in [5, 5.41) is 10.2. The maximum atomic E-state index is 11.4. The summed E-state index contributed by atoms with van der Waals surface area (Å²) in [7, 11) is -4.65. The summed E-state index contributed by atoms with van der Waals surface area (Å²) in [5.74, 6) is 0. The Morgan fingerprint density at radius 1 is 0.680 bits per heavy atom. The third-order valence-corrected chi connectivity index (χ3v) is 6.15. The minimum absolute atomic E-state index is 0. The van der Waals surface area contributed by atoms with Gasteiger partial charge in [0.2, 0.25) is 0 Å². The van der Waals surface area contributed by atoms with Crippen LogP contribution in [0.4, 0.5) is 0 Å². The first-order valence-corrected chi connectivity index (χ1v) is 11.5. The second-order valence-corrected chi connectivity index (χ2v) is 8.81. The van der Waals surface area contributed by atoms with Gasteiger partial charge >= 0.3 is 29.6 Å². The molecule has 0 aromatic rings. The van der Waals surface area contributed by atoms with Gasteiger partial charge in [-0.2, -0.15) is 0 Å². The molecule has 146 valence electrons. The summed E-state index contributed by atoms with van der Waals surface area (Å²) < 4.78 is 34.1. The molecule has 0 saturated heterocycles. The van der Waals surface area contributed by atoms with E-state index in [2.05, 4.69) is 6.92 Å². The molecule has 0 amide bonds. The molecule has 0 aromatic heterocycles. The van der Waals surface area contributed by atoms with E-state index in [1.165, 1.54) is 44.9 Å². The SMILES string of the molecule is CCCCCCCCCCCCCC(O)(CCCCC)S(=O)(=O)[O-].[Na+]. The van der Waals surface area contributed by atoms with Crippen molar-refractivity contribution in [1.82, 2.24) is 0 Å². The van der Waals surface area contributed by atoms with Crippen LogP contribution in [0.15, 0.2) is 0 Å². The zero-order chi connectivity index (χ0) is 18.3. The second-order valence-electron chi connectivity index (χ2n) is 7.14. The van der Waals surface area contributed by atoms with Crippen LogP contribution in [0.2, 0.25) is 0 Å². The van der Waals surface area contributed by atoms with Crippen LogP contribution in [0.25, 0.3) is 0 Å². The fraction of sp³-hybridized carbons (Fsp3) is 1.00. The zero-order valence-electron chi connectivity index (χ0n) is 16.9. The molecule has 0 aromatic carbocycles. The van der Waals surface area contributed by atoms with Crippen molar-refractivity contribution in [2.24, 2.45) is 0 Å². The Kier molecular flexibility index (Phi) is 19.1. The monoisotopic (exact) mass is 386 g/mol. The van der Waals surface area contributed by atoms with Crippen molar-refractivity contribution in [1.29, 1.82) is 0 Å². The first-order valence-electron chi connectivity index (χ1n) is 10.0. The van der Waals surface area contributed by atoms with Crippen molar-refractivity contribution in [2.45, 2.75) is 122 Å². The molecule has 25 heavy (non-hydrogen) atoms. The maximum absolute atomic E-state index is 11.4. The van der Waals surface area contributed by atoms with Crippen molar-refractivity contribution >= 4 is 10.1 Å². The van der Waals surface area contributed by atoms with Gasteiger partial charge in [0.1, 0.15) is 10.1 Å². The molecule has 0 rings (SSSR count). The van der Waals surface area contributed by atoms with Crippen molar-refractivity contribution in [3.63, 3.8) is 0 Å².